The maximum Gasteiger partial charge on any atom is 0.335 e. The lowest BCUT2D eigenvalue weighted by atomic mass is 10.1. The van der Waals surface area contributed by atoms with Gasteiger partial charge in [0.15, 0.2) is 0 Å². The van der Waals surface area contributed by atoms with Crippen molar-refractivity contribution in [3.63, 3.8) is 0 Å². The van der Waals surface area contributed by atoms with Crippen LogP contribution in [0.4, 0.5) is 0 Å². The van der Waals surface area contributed by atoms with E-state index in [9.17, 15) is 4.79 Å². The van der Waals surface area contributed by atoms with Crippen LogP contribution in [0.3, 0.4) is 0 Å². The van der Waals surface area contributed by atoms with Gasteiger partial charge >= 0.3 is 5.97 Å². The third-order valence-electron chi connectivity index (χ3n) is 2.65. The fourth-order valence-electron chi connectivity index (χ4n) is 1.66. The average Bonchev–Trinajstić information content (AvgIpc) is 3.07. The van der Waals surface area contributed by atoms with E-state index in [4.69, 9.17) is 9.63 Å². The number of nitrogens with zero attached hydrogens (tertiary/aromatic N) is 3. The molecule has 3 rings (SSSR count). The number of thiazole rings is 1. The molecule has 2 aromatic heterocycles. The molecule has 0 aliphatic heterocycles. The Morgan fingerprint density at radius 2 is 2.05 bits per heavy atom. The van der Waals surface area contributed by atoms with Gasteiger partial charge in [-0.05, 0) is 19.1 Å². The first-order valence-corrected chi connectivity index (χ1v) is 6.55. The Balaban J connectivity index is 1.91. The van der Waals surface area contributed by atoms with Crippen molar-refractivity contribution in [1.82, 2.24) is 15.1 Å². The van der Waals surface area contributed by atoms with E-state index in [1.54, 1.807) is 18.3 Å². The largest absolute Gasteiger partial charge is 0.478 e. The summed E-state index contributed by atoms with van der Waals surface area (Å²) in [4.78, 5) is 20.0. The molecular weight excluding hydrogens is 278 g/mol. The van der Waals surface area contributed by atoms with Crippen LogP contribution in [0.1, 0.15) is 15.4 Å². The van der Waals surface area contributed by atoms with Crippen molar-refractivity contribution in [3.05, 3.63) is 41.0 Å². The van der Waals surface area contributed by atoms with E-state index in [2.05, 4.69) is 15.1 Å². The molecule has 0 bridgehead atoms. The van der Waals surface area contributed by atoms with Crippen molar-refractivity contribution >= 4 is 17.3 Å². The van der Waals surface area contributed by atoms with Crippen LogP contribution in [-0.2, 0) is 0 Å². The van der Waals surface area contributed by atoms with Gasteiger partial charge in [-0.25, -0.2) is 9.78 Å². The van der Waals surface area contributed by atoms with E-state index in [1.807, 2.05) is 6.92 Å². The lowest BCUT2D eigenvalue weighted by molar-refractivity contribution is 0.0697. The summed E-state index contributed by atoms with van der Waals surface area (Å²) in [5.41, 5.74) is 0.918. The van der Waals surface area contributed by atoms with Crippen LogP contribution in [0.2, 0.25) is 0 Å². The van der Waals surface area contributed by atoms with E-state index >= 15 is 0 Å². The van der Waals surface area contributed by atoms with Crippen LogP contribution >= 0.6 is 11.3 Å². The summed E-state index contributed by atoms with van der Waals surface area (Å²) in [6, 6.07) is 6.31. The number of carbonyl (C=O) groups is 1. The molecule has 0 fully saturated rings. The fraction of sp³-hybridized carbons (Fsp3) is 0.0769. The van der Waals surface area contributed by atoms with Crippen LogP contribution in [0, 0.1) is 6.92 Å². The van der Waals surface area contributed by atoms with E-state index in [-0.39, 0.29) is 5.56 Å². The van der Waals surface area contributed by atoms with Crippen molar-refractivity contribution in [2.45, 2.75) is 6.92 Å². The second-order valence-electron chi connectivity index (χ2n) is 4.05. The lowest BCUT2D eigenvalue weighted by Gasteiger charge is -1.95. The Hall–Kier alpha value is -2.54. The van der Waals surface area contributed by atoms with Gasteiger partial charge in [-0.1, -0.05) is 17.3 Å². The number of benzene rings is 1. The normalized spacial score (nSPS) is 10.7. The molecule has 0 atom stereocenters. The Kier molecular flexibility index (Phi) is 3.03. The Bertz CT molecular complexity index is 761. The first-order valence-electron chi connectivity index (χ1n) is 5.74. The SMILES string of the molecule is Cc1ncc(-c2nc(-c3ccc(C(=O)O)cc3)no2)s1. The summed E-state index contributed by atoms with van der Waals surface area (Å²) < 4.78 is 5.19. The van der Waals surface area contributed by atoms with Crippen LogP contribution in [0.25, 0.3) is 22.2 Å². The van der Waals surface area contributed by atoms with Crippen molar-refractivity contribution < 1.29 is 14.4 Å². The number of aromatic carboxylic acids is 1. The van der Waals surface area contributed by atoms with Crippen LogP contribution in [-0.4, -0.2) is 26.2 Å². The predicted octanol–water partition coefficient (Wildman–Crippen LogP) is 2.87. The number of carboxylic acid groups (broad SMARTS) is 1. The minimum Gasteiger partial charge on any atom is -0.478 e. The molecule has 1 aromatic carbocycles. The fourth-order valence-corrected chi connectivity index (χ4v) is 2.36. The maximum atomic E-state index is 10.8. The summed E-state index contributed by atoms with van der Waals surface area (Å²) in [6.07, 6.45) is 1.69. The minimum atomic E-state index is -0.967. The molecule has 0 saturated heterocycles. The molecule has 0 aliphatic carbocycles. The molecule has 6 nitrogen and oxygen atoms in total. The number of hydrogen-bond acceptors (Lipinski definition) is 6. The highest BCUT2D eigenvalue weighted by Crippen LogP contribution is 2.26. The van der Waals surface area contributed by atoms with Gasteiger partial charge in [0.1, 0.15) is 4.88 Å². The lowest BCUT2D eigenvalue weighted by Crippen LogP contribution is -1.95. The number of aromatic nitrogens is 3. The number of aryl methyl sites for hydroxylation is 1. The molecule has 1 N–H and O–H groups in total. The molecule has 0 spiro atoms. The first-order chi connectivity index (χ1) is 9.63. The molecule has 0 saturated carbocycles. The molecule has 0 aliphatic rings. The summed E-state index contributed by atoms with van der Waals surface area (Å²) >= 11 is 1.47. The monoisotopic (exact) mass is 287 g/mol. The smallest absolute Gasteiger partial charge is 0.335 e. The van der Waals surface area contributed by atoms with E-state index in [0.717, 1.165) is 9.88 Å². The zero-order valence-electron chi connectivity index (χ0n) is 10.4. The van der Waals surface area contributed by atoms with Gasteiger partial charge < -0.3 is 9.63 Å². The number of rotatable bonds is 3. The van der Waals surface area contributed by atoms with Gasteiger partial charge in [0, 0.05) is 5.56 Å². The topological polar surface area (TPSA) is 89.1 Å². The Labute approximate surface area is 117 Å². The molecule has 0 amide bonds. The highest BCUT2D eigenvalue weighted by Gasteiger charge is 2.13. The highest BCUT2D eigenvalue weighted by molar-refractivity contribution is 7.14. The minimum absolute atomic E-state index is 0.218. The molecule has 0 radical (unpaired) electrons. The Morgan fingerprint density at radius 3 is 2.65 bits per heavy atom. The van der Waals surface area contributed by atoms with E-state index in [0.29, 0.717) is 17.3 Å². The predicted molar refractivity (Wildman–Crippen MR) is 72.5 cm³/mol. The summed E-state index contributed by atoms with van der Waals surface area (Å²) in [7, 11) is 0. The van der Waals surface area contributed by atoms with Gasteiger partial charge in [-0.3, -0.25) is 0 Å². The van der Waals surface area contributed by atoms with E-state index < -0.39 is 5.97 Å². The van der Waals surface area contributed by atoms with Crippen LogP contribution in [0.5, 0.6) is 0 Å². The molecule has 20 heavy (non-hydrogen) atoms. The summed E-state index contributed by atoms with van der Waals surface area (Å²) in [5.74, 6) is -0.138. The zero-order chi connectivity index (χ0) is 14.1. The first kappa shape index (κ1) is 12.5. The standard InChI is InChI=1S/C13H9N3O3S/c1-7-14-6-10(20-7)12-15-11(16-19-12)8-2-4-9(5-3-8)13(17)18/h2-6H,1H3,(H,17,18). The van der Waals surface area contributed by atoms with Gasteiger partial charge in [-0.2, -0.15) is 4.98 Å². The zero-order valence-corrected chi connectivity index (χ0v) is 11.2. The summed E-state index contributed by atoms with van der Waals surface area (Å²) in [5, 5.41) is 13.7. The average molecular weight is 287 g/mol. The van der Waals surface area contributed by atoms with Crippen LogP contribution in [0.15, 0.2) is 35.0 Å². The second kappa shape index (κ2) is 4.86. The van der Waals surface area contributed by atoms with Gasteiger partial charge in [0.2, 0.25) is 5.82 Å². The van der Waals surface area contributed by atoms with Crippen LogP contribution < -0.4 is 0 Å². The molecule has 0 unspecified atom stereocenters. The molecule has 2 heterocycles. The number of hydrogen-bond donors (Lipinski definition) is 1. The van der Waals surface area contributed by atoms with Gasteiger partial charge in [0.25, 0.3) is 5.89 Å². The Morgan fingerprint density at radius 1 is 1.30 bits per heavy atom. The molecular formula is C13H9N3O3S. The van der Waals surface area contributed by atoms with Gasteiger partial charge in [-0.15, -0.1) is 11.3 Å². The van der Waals surface area contributed by atoms with Crippen molar-refractivity contribution in [2.75, 3.05) is 0 Å². The van der Waals surface area contributed by atoms with Gasteiger partial charge in [0.05, 0.1) is 16.8 Å². The quantitative estimate of drug-likeness (QED) is 0.796. The number of carboxylic acids is 1. The van der Waals surface area contributed by atoms with Crippen molar-refractivity contribution in [1.29, 1.82) is 0 Å². The molecule has 100 valence electrons. The van der Waals surface area contributed by atoms with E-state index in [1.165, 1.54) is 23.5 Å². The highest BCUT2D eigenvalue weighted by atomic mass is 32.1. The second-order valence-corrected chi connectivity index (χ2v) is 5.28. The summed E-state index contributed by atoms with van der Waals surface area (Å²) in [6.45, 7) is 1.90. The third-order valence-corrected chi connectivity index (χ3v) is 3.55. The third kappa shape index (κ3) is 2.30. The molecule has 7 heteroatoms. The van der Waals surface area contributed by atoms with Crippen molar-refractivity contribution in [2.24, 2.45) is 0 Å². The van der Waals surface area contributed by atoms with Crippen molar-refractivity contribution in [3.8, 4) is 22.2 Å². The maximum absolute atomic E-state index is 10.8. The molecule has 3 aromatic rings.